The van der Waals surface area contributed by atoms with Crippen molar-refractivity contribution in [3.05, 3.63) is 53.2 Å². The fraction of sp³-hybridized carbons (Fsp3) is 0.455. The topological polar surface area (TPSA) is 48.5 Å². The third-order valence-electron chi connectivity index (χ3n) is 5.37. The van der Waals surface area contributed by atoms with Crippen molar-refractivity contribution in [1.29, 1.82) is 0 Å². The van der Waals surface area contributed by atoms with Crippen molar-refractivity contribution in [2.24, 2.45) is 0 Å². The van der Waals surface area contributed by atoms with Crippen LogP contribution in [0.5, 0.6) is 0 Å². The Bertz CT molecular complexity index is 759. The highest BCUT2D eigenvalue weighted by Crippen LogP contribution is 2.26. The van der Waals surface area contributed by atoms with Crippen molar-refractivity contribution in [2.75, 3.05) is 38.0 Å². The predicted octanol–water partition coefficient (Wildman–Crippen LogP) is 3.73. The van der Waals surface area contributed by atoms with E-state index >= 15 is 0 Å². The first-order valence-corrected chi connectivity index (χ1v) is 10.0. The maximum absolute atomic E-state index is 12.9. The first-order valence-electron chi connectivity index (χ1n) is 10.0. The fourth-order valence-corrected chi connectivity index (χ4v) is 3.61. The number of anilines is 2. The van der Waals surface area contributed by atoms with Gasteiger partial charge in [0.15, 0.2) is 0 Å². The number of aryl methyl sites for hydroxylation is 2. The summed E-state index contributed by atoms with van der Waals surface area (Å²) in [5.74, 6) is 0.819. The van der Waals surface area contributed by atoms with Gasteiger partial charge in [0, 0.05) is 43.6 Å². The number of aromatic nitrogens is 1. The molecule has 1 aromatic heterocycles. The minimum atomic E-state index is 0.0932. The van der Waals surface area contributed by atoms with Crippen LogP contribution in [0.1, 0.15) is 42.3 Å². The molecule has 5 heteroatoms. The molecule has 0 unspecified atom stereocenters. The summed E-state index contributed by atoms with van der Waals surface area (Å²) in [4.78, 5) is 21.7. The second-order valence-corrected chi connectivity index (χ2v) is 6.94. The van der Waals surface area contributed by atoms with E-state index in [4.69, 9.17) is 0 Å². The predicted molar refractivity (Wildman–Crippen MR) is 111 cm³/mol. The minimum Gasteiger partial charge on any atom is -0.340 e. The van der Waals surface area contributed by atoms with Gasteiger partial charge in [0.05, 0.1) is 0 Å². The van der Waals surface area contributed by atoms with Crippen LogP contribution < -0.4 is 5.32 Å². The molecule has 1 amide bonds. The monoisotopic (exact) mass is 366 g/mol. The van der Waals surface area contributed by atoms with E-state index in [2.05, 4.69) is 54.2 Å². The maximum atomic E-state index is 12.9. The lowest BCUT2D eigenvalue weighted by Gasteiger charge is -2.34. The normalized spacial score (nSPS) is 15.0. The Hall–Kier alpha value is -2.40. The molecule has 1 aromatic carbocycles. The maximum Gasteiger partial charge on any atom is 0.254 e. The van der Waals surface area contributed by atoms with Gasteiger partial charge in [-0.05, 0) is 42.6 Å². The van der Waals surface area contributed by atoms with Crippen LogP contribution in [-0.4, -0.2) is 53.4 Å². The van der Waals surface area contributed by atoms with Crippen LogP contribution in [0.25, 0.3) is 0 Å². The van der Waals surface area contributed by atoms with Crippen molar-refractivity contribution >= 4 is 17.4 Å². The molecule has 1 aliphatic heterocycles. The number of pyridine rings is 1. The molecular weight excluding hydrogens is 336 g/mol. The summed E-state index contributed by atoms with van der Waals surface area (Å²) < 4.78 is 0. The van der Waals surface area contributed by atoms with E-state index in [0.717, 1.165) is 57.1 Å². The molecule has 0 spiro atoms. The smallest absolute Gasteiger partial charge is 0.254 e. The Morgan fingerprint density at radius 1 is 1.04 bits per heavy atom. The molecule has 2 heterocycles. The highest BCUT2D eigenvalue weighted by Gasteiger charge is 2.21. The summed E-state index contributed by atoms with van der Waals surface area (Å²) in [5.41, 5.74) is 4.35. The zero-order valence-electron chi connectivity index (χ0n) is 16.7. The van der Waals surface area contributed by atoms with Gasteiger partial charge >= 0.3 is 0 Å². The summed E-state index contributed by atoms with van der Waals surface area (Å²) in [6, 6.07) is 10.1. The number of nitrogens with one attached hydrogen (secondary N) is 1. The van der Waals surface area contributed by atoms with Crippen LogP contribution in [0.3, 0.4) is 0 Å². The summed E-state index contributed by atoms with van der Waals surface area (Å²) in [6.07, 6.45) is 3.63. The number of nitrogens with zero attached hydrogens (tertiary/aromatic N) is 3. The van der Waals surface area contributed by atoms with Gasteiger partial charge in [-0.25, -0.2) is 4.98 Å². The number of piperazine rings is 1. The zero-order chi connectivity index (χ0) is 19.2. The van der Waals surface area contributed by atoms with E-state index in [0.29, 0.717) is 5.56 Å². The third-order valence-corrected chi connectivity index (χ3v) is 5.37. The Morgan fingerprint density at radius 2 is 1.70 bits per heavy atom. The quantitative estimate of drug-likeness (QED) is 0.846. The Morgan fingerprint density at radius 3 is 2.30 bits per heavy atom. The van der Waals surface area contributed by atoms with E-state index in [1.165, 1.54) is 11.1 Å². The number of rotatable bonds is 6. The van der Waals surface area contributed by atoms with Gasteiger partial charge in [-0.15, -0.1) is 0 Å². The van der Waals surface area contributed by atoms with Crippen molar-refractivity contribution in [3.63, 3.8) is 0 Å². The van der Waals surface area contributed by atoms with Gasteiger partial charge in [-0.3, -0.25) is 4.79 Å². The van der Waals surface area contributed by atoms with Gasteiger partial charge in [-0.2, -0.15) is 0 Å². The lowest BCUT2D eigenvalue weighted by atomic mass is 10.0. The fourth-order valence-electron chi connectivity index (χ4n) is 3.61. The average molecular weight is 367 g/mol. The second-order valence-electron chi connectivity index (χ2n) is 6.94. The Balaban J connectivity index is 1.78. The molecule has 2 aromatic rings. The molecule has 1 saturated heterocycles. The number of hydrogen-bond donors (Lipinski definition) is 1. The van der Waals surface area contributed by atoms with Crippen LogP contribution >= 0.6 is 0 Å². The van der Waals surface area contributed by atoms with Crippen molar-refractivity contribution in [1.82, 2.24) is 14.8 Å². The van der Waals surface area contributed by atoms with Crippen molar-refractivity contribution < 1.29 is 4.79 Å². The molecule has 27 heavy (non-hydrogen) atoms. The van der Waals surface area contributed by atoms with Crippen LogP contribution in [0.4, 0.5) is 11.5 Å². The van der Waals surface area contributed by atoms with Crippen molar-refractivity contribution in [2.45, 2.75) is 33.6 Å². The summed E-state index contributed by atoms with van der Waals surface area (Å²) in [7, 11) is 0. The largest absolute Gasteiger partial charge is 0.340 e. The molecule has 5 nitrogen and oxygen atoms in total. The lowest BCUT2D eigenvalue weighted by Crippen LogP contribution is -2.48. The molecule has 3 rings (SSSR count). The Labute approximate surface area is 162 Å². The lowest BCUT2D eigenvalue weighted by molar-refractivity contribution is 0.0643. The first-order chi connectivity index (χ1) is 13.2. The van der Waals surface area contributed by atoms with Crippen LogP contribution in [0.2, 0.25) is 0 Å². The zero-order valence-corrected chi connectivity index (χ0v) is 16.7. The standard InChI is InChI=1S/C22H30N4O/c1-4-17-8-7-9-18(5-2)21(17)24-20-16-19(10-11-23-20)22(27)26-14-12-25(6-3)13-15-26/h7-11,16H,4-6,12-15H2,1-3H3,(H,23,24). The molecule has 0 bridgehead atoms. The number of amides is 1. The van der Waals surface area contributed by atoms with E-state index in [1.54, 1.807) is 6.20 Å². The van der Waals surface area contributed by atoms with E-state index in [9.17, 15) is 4.79 Å². The number of hydrogen-bond acceptors (Lipinski definition) is 4. The number of carbonyl (C=O) groups excluding carboxylic acids is 1. The van der Waals surface area contributed by atoms with Crippen LogP contribution in [0.15, 0.2) is 36.5 Å². The molecular formula is C22H30N4O. The average Bonchev–Trinajstić information content (AvgIpc) is 2.73. The number of likely N-dealkylation sites (N-methyl/N-ethyl adjacent to an activating group) is 1. The highest BCUT2D eigenvalue weighted by molar-refractivity contribution is 5.95. The van der Waals surface area contributed by atoms with Gasteiger partial charge < -0.3 is 15.1 Å². The molecule has 0 radical (unpaired) electrons. The molecule has 0 saturated carbocycles. The summed E-state index contributed by atoms with van der Waals surface area (Å²) in [5, 5.41) is 3.47. The third kappa shape index (κ3) is 4.48. The van der Waals surface area contributed by atoms with Gasteiger partial charge in [-0.1, -0.05) is 39.0 Å². The number of para-hydroxylation sites is 1. The second kappa shape index (κ2) is 9.00. The number of carbonyl (C=O) groups is 1. The van der Waals surface area contributed by atoms with Gasteiger partial charge in [0.1, 0.15) is 5.82 Å². The number of benzene rings is 1. The van der Waals surface area contributed by atoms with Crippen LogP contribution in [-0.2, 0) is 12.8 Å². The molecule has 0 atom stereocenters. The molecule has 0 aliphatic carbocycles. The molecule has 1 N–H and O–H groups in total. The summed E-state index contributed by atoms with van der Waals surface area (Å²) >= 11 is 0. The van der Waals surface area contributed by atoms with Gasteiger partial charge in [0.25, 0.3) is 5.91 Å². The molecule has 1 fully saturated rings. The minimum absolute atomic E-state index is 0.0932. The van der Waals surface area contributed by atoms with Crippen molar-refractivity contribution in [3.8, 4) is 0 Å². The van der Waals surface area contributed by atoms with E-state index < -0.39 is 0 Å². The first kappa shape index (κ1) is 19.4. The molecule has 144 valence electrons. The van der Waals surface area contributed by atoms with E-state index in [1.807, 2.05) is 17.0 Å². The van der Waals surface area contributed by atoms with Gasteiger partial charge in [0.2, 0.25) is 0 Å². The molecule has 1 aliphatic rings. The Kier molecular flexibility index (Phi) is 6.45. The highest BCUT2D eigenvalue weighted by atomic mass is 16.2. The van der Waals surface area contributed by atoms with E-state index in [-0.39, 0.29) is 5.91 Å². The van der Waals surface area contributed by atoms with Crippen LogP contribution in [0, 0.1) is 0 Å². The SMILES string of the molecule is CCc1cccc(CC)c1Nc1cc(C(=O)N2CCN(CC)CC2)ccn1. The summed E-state index contributed by atoms with van der Waals surface area (Å²) in [6.45, 7) is 11.0.